The van der Waals surface area contributed by atoms with Gasteiger partial charge in [0.05, 0.1) is 0 Å². The first-order valence-electron chi connectivity index (χ1n) is 5.56. The van der Waals surface area contributed by atoms with Gasteiger partial charge in [-0.1, -0.05) is 0 Å². The third-order valence-corrected chi connectivity index (χ3v) is 3.59. The fourth-order valence-corrected chi connectivity index (χ4v) is 2.45. The van der Waals surface area contributed by atoms with Crippen molar-refractivity contribution >= 4 is 27.3 Å². The van der Waals surface area contributed by atoms with Crippen LogP contribution in [0.1, 0.15) is 15.9 Å². The number of carbonyl (C=O) groups is 1. The summed E-state index contributed by atoms with van der Waals surface area (Å²) in [6.07, 6.45) is 0. The van der Waals surface area contributed by atoms with E-state index in [1.54, 1.807) is 0 Å². The first-order chi connectivity index (χ1) is 9.29. The summed E-state index contributed by atoms with van der Waals surface area (Å²) in [5.74, 6) is -0.544. The van der Waals surface area contributed by atoms with Gasteiger partial charge in [-0.3, -0.25) is 9.35 Å². The van der Waals surface area contributed by atoms with Crippen LogP contribution in [0.25, 0.3) is 0 Å². The molecule has 2 aromatic carbocycles. The van der Waals surface area contributed by atoms with Crippen LogP contribution in [0.15, 0.2) is 47.4 Å². The highest BCUT2D eigenvalue weighted by atomic mass is 32.2. The second-order valence-corrected chi connectivity index (χ2v) is 5.57. The number of rotatable bonds is 3. The van der Waals surface area contributed by atoms with Gasteiger partial charge in [0, 0.05) is 22.5 Å². The molecule has 0 atom stereocenters. The SMILES string of the molecule is Nc1ccc(C(=O)c2ccc(N)cc2S(=O)(=O)O)cc1. The van der Waals surface area contributed by atoms with Crippen LogP contribution in [0, 0.1) is 0 Å². The van der Waals surface area contributed by atoms with E-state index in [0.29, 0.717) is 5.69 Å². The Kier molecular flexibility index (Phi) is 3.47. The van der Waals surface area contributed by atoms with Crippen molar-refractivity contribution in [3.8, 4) is 0 Å². The molecule has 0 aromatic heterocycles. The molecule has 0 saturated carbocycles. The van der Waals surface area contributed by atoms with Gasteiger partial charge >= 0.3 is 0 Å². The van der Waals surface area contributed by atoms with Gasteiger partial charge in [0.15, 0.2) is 5.78 Å². The molecule has 0 spiro atoms. The number of ketones is 1. The lowest BCUT2D eigenvalue weighted by molar-refractivity contribution is 0.103. The van der Waals surface area contributed by atoms with Crippen LogP contribution in [0.2, 0.25) is 0 Å². The maximum atomic E-state index is 12.3. The first kappa shape index (κ1) is 14.0. The molecule has 6 nitrogen and oxygen atoms in total. The quantitative estimate of drug-likeness (QED) is 0.445. The Morgan fingerprint density at radius 2 is 1.50 bits per heavy atom. The highest BCUT2D eigenvalue weighted by Crippen LogP contribution is 2.22. The van der Waals surface area contributed by atoms with Crippen molar-refractivity contribution < 1.29 is 17.8 Å². The van der Waals surface area contributed by atoms with Gasteiger partial charge in [0.1, 0.15) is 4.90 Å². The Bertz CT molecular complexity index is 767. The molecular weight excluding hydrogens is 280 g/mol. The zero-order valence-electron chi connectivity index (χ0n) is 10.3. The lowest BCUT2D eigenvalue weighted by Crippen LogP contribution is -2.10. The number of carbonyl (C=O) groups excluding carboxylic acids is 1. The molecular formula is C13H12N2O4S. The minimum Gasteiger partial charge on any atom is -0.399 e. The number of hydrogen-bond donors (Lipinski definition) is 3. The predicted octanol–water partition coefficient (Wildman–Crippen LogP) is 1.33. The second kappa shape index (κ2) is 4.95. The zero-order chi connectivity index (χ0) is 14.9. The Morgan fingerprint density at radius 1 is 0.950 bits per heavy atom. The van der Waals surface area contributed by atoms with E-state index in [1.807, 2.05) is 0 Å². The third-order valence-electron chi connectivity index (χ3n) is 2.70. The van der Waals surface area contributed by atoms with Crippen LogP contribution in [0.4, 0.5) is 11.4 Å². The summed E-state index contributed by atoms with van der Waals surface area (Å²) in [6, 6.07) is 9.69. The van der Waals surface area contributed by atoms with E-state index >= 15 is 0 Å². The summed E-state index contributed by atoms with van der Waals surface area (Å²) in [7, 11) is -4.54. The molecule has 20 heavy (non-hydrogen) atoms. The summed E-state index contributed by atoms with van der Waals surface area (Å²) in [5, 5.41) is 0. The minimum atomic E-state index is -4.54. The fraction of sp³-hybridized carbons (Fsp3) is 0. The molecule has 0 unspecified atom stereocenters. The maximum Gasteiger partial charge on any atom is 0.295 e. The van der Waals surface area contributed by atoms with Crippen LogP contribution in [0.5, 0.6) is 0 Å². The second-order valence-electron chi connectivity index (χ2n) is 4.18. The maximum absolute atomic E-state index is 12.3. The van der Waals surface area contributed by atoms with E-state index in [4.69, 9.17) is 11.5 Å². The van der Waals surface area contributed by atoms with Gasteiger partial charge in [0.2, 0.25) is 0 Å². The molecule has 0 amide bonds. The molecule has 0 bridgehead atoms. The first-order valence-corrected chi connectivity index (χ1v) is 7.00. The van der Waals surface area contributed by atoms with E-state index in [1.165, 1.54) is 36.4 Å². The molecule has 2 rings (SSSR count). The van der Waals surface area contributed by atoms with Crippen LogP contribution in [-0.2, 0) is 10.1 Å². The van der Waals surface area contributed by atoms with E-state index in [0.717, 1.165) is 6.07 Å². The predicted molar refractivity (Wildman–Crippen MR) is 75.0 cm³/mol. The third kappa shape index (κ3) is 2.79. The van der Waals surface area contributed by atoms with Crippen LogP contribution in [0.3, 0.4) is 0 Å². The zero-order valence-corrected chi connectivity index (χ0v) is 11.1. The van der Waals surface area contributed by atoms with Crippen molar-refractivity contribution in [3.63, 3.8) is 0 Å². The molecule has 0 saturated heterocycles. The average molecular weight is 292 g/mol. The van der Waals surface area contributed by atoms with Crippen LogP contribution in [-0.4, -0.2) is 18.8 Å². The lowest BCUT2D eigenvalue weighted by atomic mass is 10.0. The van der Waals surface area contributed by atoms with Gasteiger partial charge in [-0.2, -0.15) is 8.42 Å². The minimum absolute atomic E-state index is 0.131. The molecule has 0 fully saturated rings. The number of nitrogens with two attached hydrogens (primary N) is 2. The highest BCUT2D eigenvalue weighted by molar-refractivity contribution is 7.86. The molecule has 7 heteroatoms. The lowest BCUT2D eigenvalue weighted by Gasteiger charge is -2.07. The largest absolute Gasteiger partial charge is 0.399 e. The van der Waals surface area contributed by atoms with Crippen LogP contribution >= 0.6 is 0 Å². The van der Waals surface area contributed by atoms with E-state index in [-0.39, 0.29) is 16.8 Å². The van der Waals surface area contributed by atoms with E-state index in [2.05, 4.69) is 0 Å². The van der Waals surface area contributed by atoms with Crippen molar-refractivity contribution in [2.24, 2.45) is 0 Å². The summed E-state index contributed by atoms with van der Waals surface area (Å²) in [6.45, 7) is 0. The van der Waals surface area contributed by atoms with Gasteiger partial charge < -0.3 is 11.5 Å². The van der Waals surface area contributed by atoms with E-state index in [9.17, 15) is 17.8 Å². The number of hydrogen-bond acceptors (Lipinski definition) is 5. The average Bonchev–Trinajstić information content (AvgIpc) is 2.38. The Morgan fingerprint density at radius 3 is 2.05 bits per heavy atom. The van der Waals surface area contributed by atoms with Crippen molar-refractivity contribution in [2.45, 2.75) is 4.90 Å². The summed E-state index contributed by atoms with van der Waals surface area (Å²) in [4.78, 5) is 11.8. The van der Waals surface area contributed by atoms with Crippen molar-refractivity contribution in [1.82, 2.24) is 0 Å². The monoisotopic (exact) mass is 292 g/mol. The van der Waals surface area contributed by atoms with Crippen molar-refractivity contribution in [1.29, 1.82) is 0 Å². The molecule has 0 aliphatic carbocycles. The Balaban J connectivity index is 2.58. The summed E-state index contributed by atoms with van der Waals surface area (Å²) in [5.41, 5.74) is 11.7. The molecule has 0 heterocycles. The molecule has 0 radical (unpaired) electrons. The molecule has 5 N–H and O–H groups in total. The van der Waals surface area contributed by atoms with Gasteiger partial charge in [-0.15, -0.1) is 0 Å². The smallest absolute Gasteiger partial charge is 0.295 e. The Hall–Kier alpha value is -2.38. The normalized spacial score (nSPS) is 11.2. The van der Waals surface area contributed by atoms with Crippen LogP contribution < -0.4 is 11.5 Å². The van der Waals surface area contributed by atoms with Crippen molar-refractivity contribution in [3.05, 3.63) is 53.6 Å². The molecule has 0 aliphatic rings. The summed E-state index contributed by atoms with van der Waals surface area (Å²) < 4.78 is 31.8. The fourth-order valence-electron chi connectivity index (χ4n) is 1.73. The summed E-state index contributed by atoms with van der Waals surface area (Å²) >= 11 is 0. The van der Waals surface area contributed by atoms with E-state index < -0.39 is 20.8 Å². The number of benzene rings is 2. The standard InChI is InChI=1S/C13H12N2O4S/c14-9-3-1-8(2-4-9)13(16)11-6-5-10(15)7-12(11)20(17,18)19/h1-7H,14-15H2,(H,17,18,19). The Labute approximate surface area is 115 Å². The van der Waals surface area contributed by atoms with Gasteiger partial charge in [0.25, 0.3) is 10.1 Å². The molecule has 2 aromatic rings. The number of anilines is 2. The topological polar surface area (TPSA) is 123 Å². The molecule has 0 aliphatic heterocycles. The van der Waals surface area contributed by atoms with Gasteiger partial charge in [-0.25, -0.2) is 0 Å². The number of nitrogen functional groups attached to an aromatic ring is 2. The van der Waals surface area contributed by atoms with Gasteiger partial charge in [-0.05, 0) is 42.5 Å². The highest BCUT2D eigenvalue weighted by Gasteiger charge is 2.21. The molecule has 104 valence electrons. The van der Waals surface area contributed by atoms with Crippen molar-refractivity contribution in [2.75, 3.05) is 11.5 Å².